The minimum atomic E-state index is -0.546. The zero-order valence-electron chi connectivity index (χ0n) is 12.5. The summed E-state index contributed by atoms with van der Waals surface area (Å²) in [6, 6.07) is 6.77. The highest BCUT2D eigenvalue weighted by molar-refractivity contribution is 6.21. The molecule has 0 aliphatic carbocycles. The molecule has 0 fully saturated rings. The summed E-state index contributed by atoms with van der Waals surface area (Å²) in [7, 11) is 0. The molecule has 5 heteroatoms. The maximum absolute atomic E-state index is 12.1. The van der Waals surface area contributed by atoms with Crippen LogP contribution >= 0.6 is 0 Å². The van der Waals surface area contributed by atoms with Crippen molar-refractivity contribution in [2.45, 2.75) is 27.2 Å². The Bertz CT molecular complexity index is 551. The first-order valence-corrected chi connectivity index (χ1v) is 6.95. The van der Waals surface area contributed by atoms with Crippen molar-refractivity contribution < 1.29 is 19.1 Å². The second kappa shape index (κ2) is 5.68. The van der Waals surface area contributed by atoms with E-state index in [4.69, 9.17) is 4.74 Å². The Morgan fingerprint density at radius 2 is 1.62 bits per heavy atom. The van der Waals surface area contributed by atoms with E-state index in [0.29, 0.717) is 17.5 Å². The predicted octanol–water partition coefficient (Wildman–Crippen LogP) is 2.26. The van der Waals surface area contributed by atoms with Crippen molar-refractivity contribution in [3.63, 3.8) is 0 Å². The first-order valence-electron chi connectivity index (χ1n) is 6.95. The molecule has 112 valence electrons. The molecular weight excluding hydrogens is 270 g/mol. The number of hydrogen-bond donors (Lipinski definition) is 0. The van der Waals surface area contributed by atoms with Gasteiger partial charge in [0.05, 0.1) is 23.1 Å². The summed E-state index contributed by atoms with van der Waals surface area (Å²) in [6.45, 7) is 5.78. The van der Waals surface area contributed by atoms with Gasteiger partial charge < -0.3 is 4.74 Å². The van der Waals surface area contributed by atoms with Crippen LogP contribution < -0.4 is 0 Å². The van der Waals surface area contributed by atoms with Crippen LogP contribution in [0.5, 0.6) is 0 Å². The third kappa shape index (κ3) is 3.12. The van der Waals surface area contributed by atoms with Gasteiger partial charge in [0.1, 0.15) is 0 Å². The van der Waals surface area contributed by atoms with Crippen molar-refractivity contribution in [2.75, 3.05) is 13.2 Å². The van der Waals surface area contributed by atoms with Crippen LogP contribution in [0.4, 0.5) is 0 Å². The second-order valence-corrected chi connectivity index (χ2v) is 6.05. The van der Waals surface area contributed by atoms with E-state index >= 15 is 0 Å². The Balaban J connectivity index is 1.88. The highest BCUT2D eigenvalue weighted by Gasteiger charge is 2.34. The number of ether oxygens (including phenoxy) is 1. The summed E-state index contributed by atoms with van der Waals surface area (Å²) < 4.78 is 5.13. The summed E-state index contributed by atoms with van der Waals surface area (Å²) in [5.41, 5.74) is 0.332. The SMILES string of the molecule is CC(C)(C)C(=O)OCCCN1C(=O)c2ccccc2C1=O. The van der Waals surface area contributed by atoms with Gasteiger partial charge >= 0.3 is 5.97 Å². The highest BCUT2D eigenvalue weighted by atomic mass is 16.5. The monoisotopic (exact) mass is 289 g/mol. The molecule has 0 unspecified atom stereocenters. The quantitative estimate of drug-likeness (QED) is 0.484. The fourth-order valence-corrected chi connectivity index (χ4v) is 2.05. The molecule has 21 heavy (non-hydrogen) atoms. The number of carbonyl (C=O) groups excluding carboxylic acids is 3. The lowest BCUT2D eigenvalue weighted by molar-refractivity contribution is -0.153. The molecular formula is C16H19NO4. The summed E-state index contributed by atoms with van der Waals surface area (Å²) in [5, 5.41) is 0. The van der Waals surface area contributed by atoms with Crippen molar-refractivity contribution in [1.29, 1.82) is 0 Å². The maximum Gasteiger partial charge on any atom is 0.311 e. The van der Waals surface area contributed by atoms with E-state index in [1.54, 1.807) is 45.0 Å². The number of carbonyl (C=O) groups is 3. The topological polar surface area (TPSA) is 63.7 Å². The Hall–Kier alpha value is -2.17. The predicted molar refractivity (Wildman–Crippen MR) is 76.8 cm³/mol. The summed E-state index contributed by atoms with van der Waals surface area (Å²) in [5.74, 6) is -0.847. The first kappa shape index (κ1) is 15.2. The van der Waals surface area contributed by atoms with Crippen LogP contribution in [-0.4, -0.2) is 35.8 Å². The fraction of sp³-hybridized carbons (Fsp3) is 0.438. The third-order valence-electron chi connectivity index (χ3n) is 3.25. The van der Waals surface area contributed by atoms with Gasteiger partial charge in [-0.3, -0.25) is 19.3 Å². The van der Waals surface area contributed by atoms with Gasteiger partial charge in [0.15, 0.2) is 0 Å². The molecule has 0 saturated heterocycles. The zero-order valence-corrected chi connectivity index (χ0v) is 12.5. The van der Waals surface area contributed by atoms with Gasteiger partial charge in [-0.25, -0.2) is 0 Å². The summed E-state index contributed by atoms with van der Waals surface area (Å²) in [6.07, 6.45) is 0.438. The van der Waals surface area contributed by atoms with Crippen molar-refractivity contribution in [1.82, 2.24) is 4.90 Å². The Kier molecular flexibility index (Phi) is 4.11. The van der Waals surface area contributed by atoms with E-state index in [0.717, 1.165) is 0 Å². The van der Waals surface area contributed by atoms with Crippen LogP contribution in [0.1, 0.15) is 47.9 Å². The molecule has 0 atom stereocenters. The molecule has 0 radical (unpaired) electrons. The van der Waals surface area contributed by atoms with Crippen LogP contribution in [0.3, 0.4) is 0 Å². The second-order valence-electron chi connectivity index (χ2n) is 6.05. The Morgan fingerprint density at radius 1 is 1.10 bits per heavy atom. The smallest absolute Gasteiger partial charge is 0.311 e. The molecule has 0 saturated carbocycles. The standard InChI is InChI=1S/C16H19NO4/c1-16(2,3)15(20)21-10-6-9-17-13(18)11-7-4-5-8-12(11)14(17)19/h4-5,7-8H,6,9-10H2,1-3H3. The number of benzene rings is 1. The normalized spacial score (nSPS) is 14.3. The summed E-state index contributed by atoms with van der Waals surface area (Å²) >= 11 is 0. The largest absolute Gasteiger partial charge is 0.465 e. The molecule has 1 heterocycles. The van der Waals surface area contributed by atoms with E-state index in [1.807, 2.05) is 0 Å². The number of fused-ring (bicyclic) bond motifs is 1. The van der Waals surface area contributed by atoms with Crippen molar-refractivity contribution in [3.8, 4) is 0 Å². The third-order valence-corrected chi connectivity index (χ3v) is 3.25. The summed E-state index contributed by atoms with van der Waals surface area (Å²) in [4.78, 5) is 37.0. The molecule has 2 rings (SSSR count). The molecule has 0 spiro atoms. The van der Waals surface area contributed by atoms with E-state index in [2.05, 4.69) is 0 Å². The molecule has 1 aromatic rings. The molecule has 1 aliphatic heterocycles. The average molecular weight is 289 g/mol. The minimum Gasteiger partial charge on any atom is -0.465 e. The molecule has 5 nitrogen and oxygen atoms in total. The number of hydrogen-bond acceptors (Lipinski definition) is 4. The van der Waals surface area contributed by atoms with Crippen LogP contribution in [-0.2, 0) is 9.53 Å². The Labute approximate surface area is 123 Å². The lowest BCUT2D eigenvalue weighted by Crippen LogP contribution is -2.32. The molecule has 2 amide bonds. The van der Waals surface area contributed by atoms with Gasteiger partial charge in [0.25, 0.3) is 11.8 Å². The van der Waals surface area contributed by atoms with Gasteiger partial charge in [0.2, 0.25) is 0 Å². The van der Waals surface area contributed by atoms with Gasteiger partial charge in [0, 0.05) is 6.54 Å². The molecule has 0 bridgehead atoms. The number of rotatable bonds is 4. The Morgan fingerprint density at radius 3 is 2.10 bits per heavy atom. The van der Waals surface area contributed by atoms with Crippen LogP contribution in [0.15, 0.2) is 24.3 Å². The number of esters is 1. The van der Waals surface area contributed by atoms with Gasteiger partial charge in [-0.15, -0.1) is 0 Å². The van der Waals surface area contributed by atoms with Crippen LogP contribution in [0, 0.1) is 5.41 Å². The van der Waals surface area contributed by atoms with Gasteiger partial charge in [-0.1, -0.05) is 12.1 Å². The molecule has 0 aromatic heterocycles. The van der Waals surface area contributed by atoms with E-state index in [1.165, 1.54) is 4.90 Å². The molecule has 1 aromatic carbocycles. The average Bonchev–Trinajstić information content (AvgIpc) is 2.67. The molecule has 0 N–H and O–H groups in total. The minimum absolute atomic E-state index is 0.198. The lowest BCUT2D eigenvalue weighted by atomic mass is 9.97. The van der Waals surface area contributed by atoms with Crippen molar-refractivity contribution >= 4 is 17.8 Å². The number of imide groups is 1. The van der Waals surface area contributed by atoms with Gasteiger partial charge in [-0.05, 0) is 39.3 Å². The molecule has 1 aliphatic rings. The van der Waals surface area contributed by atoms with Crippen LogP contribution in [0.2, 0.25) is 0 Å². The van der Waals surface area contributed by atoms with Crippen molar-refractivity contribution in [3.05, 3.63) is 35.4 Å². The maximum atomic E-state index is 12.1. The lowest BCUT2D eigenvalue weighted by Gasteiger charge is -2.18. The van der Waals surface area contributed by atoms with E-state index in [-0.39, 0.29) is 30.9 Å². The fourth-order valence-electron chi connectivity index (χ4n) is 2.05. The number of nitrogens with zero attached hydrogens (tertiary/aromatic N) is 1. The van der Waals surface area contributed by atoms with Crippen LogP contribution in [0.25, 0.3) is 0 Å². The van der Waals surface area contributed by atoms with Crippen molar-refractivity contribution in [2.24, 2.45) is 5.41 Å². The van der Waals surface area contributed by atoms with E-state index in [9.17, 15) is 14.4 Å². The highest BCUT2D eigenvalue weighted by Crippen LogP contribution is 2.22. The first-order chi connectivity index (χ1) is 9.82. The zero-order chi connectivity index (χ0) is 15.6. The van der Waals surface area contributed by atoms with Gasteiger partial charge in [-0.2, -0.15) is 0 Å². The van der Waals surface area contributed by atoms with E-state index < -0.39 is 5.41 Å². The number of amides is 2.